The molecule has 2 saturated heterocycles. The fourth-order valence-electron chi connectivity index (χ4n) is 14.6. The third-order valence-corrected chi connectivity index (χ3v) is 19.1. The summed E-state index contributed by atoms with van der Waals surface area (Å²) in [5.74, 6) is -1.10. The van der Waals surface area contributed by atoms with Crippen molar-refractivity contribution in [3.63, 3.8) is 0 Å². The number of aryl methyl sites for hydroxylation is 3. The summed E-state index contributed by atoms with van der Waals surface area (Å²) in [5, 5.41) is 23.5. The lowest BCUT2D eigenvalue weighted by Crippen LogP contribution is -2.47. The van der Waals surface area contributed by atoms with Gasteiger partial charge in [-0.3, -0.25) is 0 Å². The lowest BCUT2D eigenvalue weighted by molar-refractivity contribution is -0.161. The average Bonchev–Trinajstić information content (AvgIpc) is 1.44. The van der Waals surface area contributed by atoms with Gasteiger partial charge in [-0.15, -0.1) is 0 Å². The molecule has 7 aromatic heterocycles. The highest BCUT2D eigenvalue weighted by Gasteiger charge is 2.39. The lowest BCUT2D eigenvalue weighted by atomic mass is 9.86. The van der Waals surface area contributed by atoms with Gasteiger partial charge in [0.2, 0.25) is 5.95 Å². The Morgan fingerprint density at radius 2 is 1.14 bits per heavy atom. The van der Waals surface area contributed by atoms with Gasteiger partial charge >= 0.3 is 11.9 Å². The number of fused-ring (bicyclic) bond motifs is 4. The normalized spacial score (nSPS) is 17.1. The minimum absolute atomic E-state index is 0.0805. The molecule has 3 atom stereocenters. The quantitative estimate of drug-likeness (QED) is 0.0977. The Balaban J connectivity index is 0.947. The monoisotopic (exact) mass is 1310 g/mol. The first-order chi connectivity index (χ1) is 45.8. The highest BCUT2D eigenvalue weighted by molar-refractivity contribution is 6.03. The van der Waals surface area contributed by atoms with Crippen LogP contribution in [-0.2, 0) is 45.5 Å². The zero-order valence-corrected chi connectivity index (χ0v) is 56.8. The number of nitrogens with zero attached hydrogens (tertiary/aromatic N) is 12. The van der Waals surface area contributed by atoms with Crippen molar-refractivity contribution < 1.29 is 47.5 Å². The summed E-state index contributed by atoms with van der Waals surface area (Å²) in [4.78, 5) is 65.5. The van der Waals surface area contributed by atoms with Crippen LogP contribution in [-0.4, -0.2) is 149 Å². The predicted molar refractivity (Wildman–Crippen MR) is 366 cm³/mol. The van der Waals surface area contributed by atoms with Crippen molar-refractivity contribution >= 4 is 51.6 Å². The molecular formula is C74H84F2N12O8. The molecule has 22 heteroatoms. The zero-order valence-electron chi connectivity index (χ0n) is 56.8. The average molecular weight is 1310 g/mol. The molecule has 0 bridgehead atoms. The van der Waals surface area contributed by atoms with E-state index in [-0.39, 0.29) is 18.0 Å². The number of ether oxygens (including phenoxy) is 4. The second-order valence-electron chi connectivity index (χ2n) is 28.0. The maximum absolute atomic E-state index is 18.0. The fourth-order valence-corrected chi connectivity index (χ4v) is 14.6. The molecule has 96 heavy (non-hydrogen) atoms. The second kappa shape index (κ2) is 25.8. The molecule has 0 saturated carbocycles. The number of anilines is 3. The van der Waals surface area contributed by atoms with Crippen LogP contribution in [0.15, 0.2) is 79.4 Å². The second-order valence-corrected chi connectivity index (χ2v) is 28.0. The Morgan fingerprint density at radius 3 is 1.73 bits per heavy atom. The van der Waals surface area contributed by atoms with E-state index in [9.17, 15) is 19.8 Å². The van der Waals surface area contributed by atoms with Crippen molar-refractivity contribution in [1.82, 2.24) is 43.9 Å². The Bertz CT molecular complexity index is 4510. The van der Waals surface area contributed by atoms with Crippen molar-refractivity contribution in [3.8, 4) is 56.3 Å². The van der Waals surface area contributed by atoms with Gasteiger partial charge in [-0.05, 0) is 192 Å². The van der Waals surface area contributed by atoms with Crippen molar-refractivity contribution in [2.45, 2.75) is 137 Å². The van der Waals surface area contributed by atoms with Gasteiger partial charge in [0.25, 0.3) is 0 Å². The molecule has 4 aliphatic heterocycles. The zero-order chi connectivity index (χ0) is 67.8. The van der Waals surface area contributed by atoms with E-state index in [0.717, 1.165) is 66.6 Å². The molecule has 502 valence electrons. The van der Waals surface area contributed by atoms with Gasteiger partial charge in [0.05, 0.1) is 35.7 Å². The number of benzene rings is 2. The van der Waals surface area contributed by atoms with Crippen LogP contribution >= 0.6 is 0 Å². The molecule has 4 aliphatic rings. The summed E-state index contributed by atoms with van der Waals surface area (Å²) in [5.41, 5.74) is 8.58. The van der Waals surface area contributed by atoms with Crippen molar-refractivity contribution in [2.75, 3.05) is 80.7 Å². The number of carboxylic acid groups (broad SMARTS) is 2. The summed E-state index contributed by atoms with van der Waals surface area (Å²) < 4.78 is 64.7. The number of aromatic nitrogens is 8. The van der Waals surface area contributed by atoms with E-state index in [1.54, 1.807) is 59.3 Å². The predicted octanol–water partition coefficient (Wildman–Crippen LogP) is 12.8. The first-order valence-electron chi connectivity index (χ1n) is 33.2. The van der Waals surface area contributed by atoms with Gasteiger partial charge in [0, 0.05) is 144 Å². The highest BCUT2D eigenvalue weighted by atomic mass is 19.1. The van der Waals surface area contributed by atoms with Gasteiger partial charge in [-0.25, -0.2) is 48.3 Å². The maximum atomic E-state index is 18.0. The first kappa shape index (κ1) is 65.5. The van der Waals surface area contributed by atoms with E-state index in [1.165, 1.54) is 12.1 Å². The molecule has 2 aromatic carbocycles. The van der Waals surface area contributed by atoms with Crippen LogP contribution in [0.25, 0.3) is 66.8 Å². The van der Waals surface area contributed by atoms with Gasteiger partial charge in [-0.1, -0.05) is 0 Å². The van der Waals surface area contributed by atoms with E-state index in [2.05, 4.69) is 47.2 Å². The Hall–Kier alpha value is -9.12. The molecule has 1 unspecified atom stereocenters. The number of hydrogen-bond donors (Lipinski definition) is 2. The number of rotatable bonds is 15. The maximum Gasteiger partial charge on any atom is 0.337 e. The van der Waals surface area contributed by atoms with Crippen LogP contribution in [0.2, 0.25) is 0 Å². The largest absolute Gasteiger partial charge is 0.490 e. The minimum atomic E-state index is -1.51. The number of aliphatic carboxylic acids is 2. The van der Waals surface area contributed by atoms with Crippen LogP contribution in [0.5, 0.6) is 11.5 Å². The summed E-state index contributed by atoms with van der Waals surface area (Å²) in [6, 6.07) is 16.7. The molecule has 11 heterocycles. The van der Waals surface area contributed by atoms with Crippen LogP contribution in [0, 0.1) is 39.3 Å². The standard InChI is InChI=1S/C74H84F2N12O8/c1-41-48-16-13-33-93-64(48)54(75)36-50(41)63-53-39-57(46-20-24-78-59(35-46)86-29-31-87(32-30-86)72-79-21-14-22-80-72)88(69(53)82-44(4)61(63)67(71(91)92)96-74(8,9)10)40-47-17-18-49-42(2)51(37-55(76)65(49)94-47)62-52-38-56(45-19-23-77-58(34-45)85-26-15-25-83(11)27-28-85)84(12)68(52)81-43(3)60(62)66(70(89)90)95-73(5,6)7/h14,19-24,34-39,47,66-67H,13,15-18,25-33,40H2,1-12H3,(H,89,90)(H,91,92)/t47?,66-,67-/m0/s1. The third-order valence-electron chi connectivity index (χ3n) is 19.1. The smallest absolute Gasteiger partial charge is 0.337 e. The first-order valence-corrected chi connectivity index (χ1v) is 33.2. The molecule has 0 spiro atoms. The third kappa shape index (κ3) is 12.6. The van der Waals surface area contributed by atoms with Gasteiger partial charge in [0.15, 0.2) is 35.3 Å². The SMILES string of the molecule is Cc1nc2c(cc(-c3ccnc(N4CCCN(C)CC4)c3)n2C)c(-c2cc(F)c3c(c2C)CCC(Cn2c(-c4ccnc(N5CCN(c6ncccn6)CC5)c4)cc4c(-c5cc(F)c6c(c5C)CCCO6)c([C@H](OC(C)(C)C)C(=O)O)c(C)nc42)O3)c1[C@H](OC(C)(C)C)C(=O)O. The lowest BCUT2D eigenvalue weighted by Gasteiger charge is -2.35. The molecule has 9 aromatic rings. The Labute approximate surface area is 557 Å². The summed E-state index contributed by atoms with van der Waals surface area (Å²) in [7, 11) is 4.07. The number of pyridine rings is 4. The Morgan fingerprint density at radius 1 is 0.615 bits per heavy atom. The van der Waals surface area contributed by atoms with Crippen molar-refractivity contribution in [1.29, 1.82) is 0 Å². The van der Waals surface area contributed by atoms with Gasteiger partial charge < -0.3 is 57.9 Å². The number of piperazine rings is 1. The molecule has 2 N–H and O–H groups in total. The number of likely N-dealkylation sites (N-methyl/N-ethyl adjacent to an activating group) is 1. The number of halogens is 2. The molecule has 20 nitrogen and oxygen atoms in total. The van der Waals surface area contributed by atoms with Gasteiger partial charge in [0.1, 0.15) is 29.0 Å². The number of hydrogen-bond acceptors (Lipinski definition) is 16. The number of carboxylic acids is 2. The molecule has 2 fully saturated rings. The van der Waals surface area contributed by atoms with Crippen molar-refractivity contribution in [3.05, 3.63) is 136 Å². The van der Waals surface area contributed by atoms with Crippen LogP contribution in [0.4, 0.5) is 26.4 Å². The van der Waals surface area contributed by atoms with E-state index < -0.39 is 53.1 Å². The number of carbonyl (C=O) groups is 2. The highest BCUT2D eigenvalue weighted by Crippen LogP contribution is 2.49. The van der Waals surface area contributed by atoms with E-state index in [1.807, 2.05) is 82.8 Å². The topological polar surface area (TPSA) is 212 Å². The Kier molecular flexibility index (Phi) is 17.6. The summed E-state index contributed by atoms with van der Waals surface area (Å²) in [6.07, 6.45) is 6.46. The van der Waals surface area contributed by atoms with E-state index in [4.69, 9.17) is 38.9 Å². The van der Waals surface area contributed by atoms with Crippen LogP contribution < -0.4 is 24.2 Å². The van der Waals surface area contributed by atoms with E-state index in [0.29, 0.717) is 154 Å². The molecule has 0 radical (unpaired) electrons. The van der Waals surface area contributed by atoms with Gasteiger partial charge in [-0.2, -0.15) is 0 Å². The van der Waals surface area contributed by atoms with Crippen LogP contribution in [0.3, 0.4) is 0 Å². The fraction of sp³-hybridized carbons (Fsp3) is 0.432. The molecular weight excluding hydrogens is 1220 g/mol. The van der Waals surface area contributed by atoms with Crippen molar-refractivity contribution in [2.24, 2.45) is 7.05 Å². The summed E-state index contributed by atoms with van der Waals surface area (Å²) in [6.45, 7) is 24.9. The minimum Gasteiger partial charge on any atom is -0.490 e. The van der Waals surface area contributed by atoms with Crippen LogP contribution in [0.1, 0.15) is 118 Å². The molecule has 0 amide bonds. The molecule has 0 aliphatic carbocycles. The summed E-state index contributed by atoms with van der Waals surface area (Å²) >= 11 is 0. The van der Waals surface area contributed by atoms with E-state index >= 15 is 8.78 Å². The molecule has 13 rings (SSSR count).